The van der Waals surface area contributed by atoms with Gasteiger partial charge in [0.05, 0.1) is 0 Å². The van der Waals surface area contributed by atoms with Crippen molar-refractivity contribution in [3.8, 4) is 0 Å². The molecular weight excluding hydrogens is 1010 g/mol. The fourth-order valence-corrected chi connectivity index (χ4v) is 11.0. The Bertz CT molecular complexity index is 1410. The minimum Gasteiger partial charge on any atom is -0.462 e. The summed E-state index contributed by atoms with van der Waals surface area (Å²) in [6.07, 6.45) is 90.3. The first-order valence-electron chi connectivity index (χ1n) is 36.6. The van der Waals surface area contributed by atoms with Crippen LogP contribution in [0.3, 0.4) is 0 Å². The Morgan fingerprint density at radius 1 is 0.244 bits per heavy atom. The van der Waals surface area contributed by atoms with E-state index in [0.29, 0.717) is 19.3 Å². The molecule has 0 aromatic carbocycles. The Morgan fingerprint density at radius 3 is 0.744 bits per heavy atom. The summed E-state index contributed by atoms with van der Waals surface area (Å²) < 4.78 is 17.0. The van der Waals surface area contributed by atoms with E-state index in [1.54, 1.807) is 0 Å². The van der Waals surface area contributed by atoms with Gasteiger partial charge in [-0.1, -0.05) is 352 Å². The quantitative estimate of drug-likeness (QED) is 0.0261. The van der Waals surface area contributed by atoms with Crippen LogP contribution < -0.4 is 0 Å². The molecule has 0 aliphatic carbocycles. The Morgan fingerprint density at radius 2 is 0.463 bits per heavy atom. The summed E-state index contributed by atoms with van der Waals surface area (Å²) in [5.41, 5.74) is 0. The molecule has 0 spiro atoms. The maximum Gasteiger partial charge on any atom is 0.306 e. The molecule has 0 N–H and O–H groups in total. The van der Waals surface area contributed by atoms with E-state index >= 15 is 0 Å². The van der Waals surface area contributed by atoms with Gasteiger partial charge in [0.2, 0.25) is 0 Å². The van der Waals surface area contributed by atoms with Crippen LogP contribution in [0.25, 0.3) is 0 Å². The van der Waals surface area contributed by atoms with Gasteiger partial charge in [0.15, 0.2) is 6.10 Å². The molecule has 0 radical (unpaired) electrons. The van der Waals surface area contributed by atoms with Crippen LogP contribution >= 0.6 is 0 Å². The van der Waals surface area contributed by atoms with E-state index < -0.39 is 6.10 Å². The van der Waals surface area contributed by atoms with Crippen molar-refractivity contribution in [2.24, 2.45) is 0 Å². The van der Waals surface area contributed by atoms with Crippen molar-refractivity contribution in [2.45, 2.75) is 406 Å². The molecule has 0 bridgehead atoms. The van der Waals surface area contributed by atoms with Gasteiger partial charge in [0.1, 0.15) is 13.2 Å². The molecule has 82 heavy (non-hydrogen) atoms. The number of rotatable bonds is 68. The van der Waals surface area contributed by atoms with Crippen molar-refractivity contribution >= 4 is 17.9 Å². The number of ether oxygens (including phenoxy) is 3. The lowest BCUT2D eigenvalue weighted by Gasteiger charge is -2.18. The summed E-state index contributed by atoms with van der Waals surface area (Å²) >= 11 is 0. The molecule has 0 amide bonds. The van der Waals surface area contributed by atoms with Crippen molar-refractivity contribution < 1.29 is 28.6 Å². The lowest BCUT2D eigenvalue weighted by Crippen LogP contribution is -2.30. The molecule has 0 aliphatic rings. The van der Waals surface area contributed by atoms with Crippen LogP contribution in [0.15, 0.2) is 48.6 Å². The maximum atomic E-state index is 12.9. The summed E-state index contributed by atoms with van der Waals surface area (Å²) in [5, 5.41) is 0. The largest absolute Gasteiger partial charge is 0.462 e. The molecule has 0 rings (SSSR count). The van der Waals surface area contributed by atoms with Gasteiger partial charge in [-0.25, -0.2) is 0 Å². The number of carbonyl (C=O) groups excluding carboxylic acids is 3. The van der Waals surface area contributed by atoms with Gasteiger partial charge < -0.3 is 14.2 Å². The monoisotopic (exact) mass is 1150 g/mol. The smallest absolute Gasteiger partial charge is 0.306 e. The van der Waals surface area contributed by atoms with Crippen LogP contribution in [-0.4, -0.2) is 37.2 Å². The summed E-state index contributed by atoms with van der Waals surface area (Å²) in [6, 6.07) is 0. The predicted molar refractivity (Wildman–Crippen MR) is 358 cm³/mol. The third-order valence-electron chi connectivity index (χ3n) is 16.5. The lowest BCUT2D eigenvalue weighted by molar-refractivity contribution is -0.167. The Hall–Kier alpha value is -2.63. The summed E-state index contributed by atoms with van der Waals surface area (Å²) in [5.74, 6) is -0.864. The second-order valence-corrected chi connectivity index (χ2v) is 24.9. The second-order valence-electron chi connectivity index (χ2n) is 24.9. The maximum absolute atomic E-state index is 12.9. The number of hydrogen-bond donors (Lipinski definition) is 0. The summed E-state index contributed by atoms with van der Waals surface area (Å²) in [7, 11) is 0. The second kappa shape index (κ2) is 70.9. The average molecular weight is 1150 g/mol. The normalized spacial score (nSPS) is 12.3. The third-order valence-corrected chi connectivity index (χ3v) is 16.5. The molecule has 1 atom stereocenters. The van der Waals surface area contributed by atoms with Gasteiger partial charge in [0.25, 0.3) is 0 Å². The highest BCUT2D eigenvalue weighted by molar-refractivity contribution is 5.71. The van der Waals surface area contributed by atoms with Crippen LogP contribution in [0.2, 0.25) is 0 Å². The van der Waals surface area contributed by atoms with Crippen LogP contribution in [0.4, 0.5) is 0 Å². The lowest BCUT2D eigenvalue weighted by atomic mass is 10.0. The number of unbranched alkanes of at least 4 members (excludes halogenated alkanes) is 49. The van der Waals surface area contributed by atoms with Crippen molar-refractivity contribution in [1.29, 1.82) is 0 Å². The van der Waals surface area contributed by atoms with Crippen molar-refractivity contribution in [2.75, 3.05) is 13.2 Å². The van der Waals surface area contributed by atoms with Gasteiger partial charge in [-0.05, 0) is 77.0 Å². The molecule has 0 saturated carbocycles. The first-order valence-corrected chi connectivity index (χ1v) is 36.6. The van der Waals surface area contributed by atoms with Gasteiger partial charge in [0, 0.05) is 19.3 Å². The van der Waals surface area contributed by atoms with Gasteiger partial charge >= 0.3 is 17.9 Å². The Kier molecular flexibility index (Phi) is 68.6. The molecule has 0 saturated heterocycles. The van der Waals surface area contributed by atoms with Crippen LogP contribution in [-0.2, 0) is 28.6 Å². The molecular formula is C76H140O6. The van der Waals surface area contributed by atoms with E-state index in [1.807, 2.05) is 0 Å². The Balaban J connectivity index is 4.12. The van der Waals surface area contributed by atoms with E-state index in [1.165, 1.54) is 276 Å². The average Bonchev–Trinajstić information content (AvgIpc) is 3.48. The van der Waals surface area contributed by atoms with E-state index in [-0.39, 0.29) is 31.1 Å². The standard InChI is InChI=1S/C76H140O6/c1-4-7-10-13-16-19-22-24-26-28-30-32-34-36-37-38-39-41-42-44-46-48-50-52-54-57-60-63-66-69-75(78)81-72-73(71-80-74(77)68-65-62-59-56-21-18-15-12-9-6-3)82-76(79)70-67-64-61-58-55-53-51-49-47-45-43-40-35-33-31-29-27-25-23-20-17-14-11-8-5-2/h12,15,23,25,29,31,35,40,73H,4-11,13-14,16-22,24,26-28,30,32-34,36-39,41-72H2,1-3H3/b15-12-,25-23-,31-29-,40-35-. The molecule has 0 heterocycles. The molecule has 480 valence electrons. The van der Waals surface area contributed by atoms with E-state index in [0.717, 1.165) is 83.5 Å². The topological polar surface area (TPSA) is 78.9 Å². The molecule has 0 aliphatic heterocycles. The molecule has 6 nitrogen and oxygen atoms in total. The number of allylic oxidation sites excluding steroid dienone is 8. The van der Waals surface area contributed by atoms with E-state index in [2.05, 4.69) is 69.4 Å². The number of hydrogen-bond acceptors (Lipinski definition) is 6. The minimum absolute atomic E-state index is 0.0733. The molecule has 0 fully saturated rings. The van der Waals surface area contributed by atoms with E-state index in [4.69, 9.17) is 14.2 Å². The van der Waals surface area contributed by atoms with Crippen LogP contribution in [0.5, 0.6) is 0 Å². The fourth-order valence-electron chi connectivity index (χ4n) is 11.0. The van der Waals surface area contributed by atoms with Gasteiger partial charge in [-0.15, -0.1) is 0 Å². The van der Waals surface area contributed by atoms with Crippen LogP contribution in [0.1, 0.15) is 400 Å². The van der Waals surface area contributed by atoms with Crippen molar-refractivity contribution in [3.63, 3.8) is 0 Å². The van der Waals surface area contributed by atoms with Gasteiger partial charge in [-0.3, -0.25) is 14.4 Å². The zero-order valence-electron chi connectivity index (χ0n) is 55.3. The highest BCUT2D eigenvalue weighted by atomic mass is 16.6. The zero-order chi connectivity index (χ0) is 59.2. The van der Waals surface area contributed by atoms with Crippen molar-refractivity contribution in [1.82, 2.24) is 0 Å². The third kappa shape index (κ3) is 68.2. The first kappa shape index (κ1) is 79.4. The Labute approximate surface area is 511 Å². The van der Waals surface area contributed by atoms with Crippen LogP contribution in [0, 0.1) is 0 Å². The summed E-state index contributed by atoms with van der Waals surface area (Å²) in [4.78, 5) is 38.4. The fraction of sp³-hybridized carbons (Fsp3) is 0.855. The van der Waals surface area contributed by atoms with Crippen molar-refractivity contribution in [3.05, 3.63) is 48.6 Å². The highest BCUT2D eigenvalue weighted by Gasteiger charge is 2.19. The molecule has 0 aromatic heterocycles. The molecule has 1 unspecified atom stereocenters. The van der Waals surface area contributed by atoms with Gasteiger partial charge in [-0.2, -0.15) is 0 Å². The van der Waals surface area contributed by atoms with E-state index in [9.17, 15) is 14.4 Å². The predicted octanol–water partition coefficient (Wildman–Crippen LogP) is 25.3. The minimum atomic E-state index is -0.778. The number of carbonyl (C=O) groups is 3. The zero-order valence-corrected chi connectivity index (χ0v) is 55.3. The summed E-state index contributed by atoms with van der Waals surface area (Å²) in [6.45, 7) is 6.62. The first-order chi connectivity index (χ1) is 40.5. The molecule has 0 aromatic rings. The molecule has 6 heteroatoms. The SMILES string of the molecule is CCC/C=C\CCCCCCCC(=O)OCC(COC(=O)CCCCCCCCCCCCCCCCCCCCCCCCCCCCCCC)OC(=O)CCCCCCCCCCCC/C=C\C/C=C\C/C=C\CCCCCCC. The number of esters is 3. The highest BCUT2D eigenvalue weighted by Crippen LogP contribution is 2.19.